The van der Waals surface area contributed by atoms with Crippen molar-refractivity contribution in [2.45, 2.75) is 25.8 Å². The summed E-state index contributed by atoms with van der Waals surface area (Å²) in [6.45, 7) is 2.79. The SMILES string of the molecule is CCCOc1cccc(/C(O)=C2/C(=O)C(=O)N(CCc3ccc(F)cc3)C2c2cccs2)c1. The predicted octanol–water partition coefficient (Wildman–Crippen LogP) is 5.34. The van der Waals surface area contributed by atoms with Crippen LogP contribution in [0.5, 0.6) is 5.75 Å². The zero-order valence-corrected chi connectivity index (χ0v) is 19.0. The zero-order chi connectivity index (χ0) is 23.4. The second-order valence-corrected chi connectivity index (χ2v) is 8.74. The van der Waals surface area contributed by atoms with Crippen LogP contribution in [0.2, 0.25) is 0 Å². The van der Waals surface area contributed by atoms with E-state index >= 15 is 0 Å². The number of hydrogen-bond donors (Lipinski definition) is 1. The van der Waals surface area contributed by atoms with E-state index in [2.05, 4.69) is 0 Å². The van der Waals surface area contributed by atoms with Crippen LogP contribution in [-0.2, 0) is 16.0 Å². The van der Waals surface area contributed by atoms with Crippen LogP contribution in [0.15, 0.2) is 71.6 Å². The molecule has 1 aliphatic heterocycles. The molecule has 0 bridgehead atoms. The van der Waals surface area contributed by atoms with Gasteiger partial charge in [0.15, 0.2) is 0 Å². The number of aliphatic hydroxyl groups is 1. The average molecular weight is 466 g/mol. The lowest BCUT2D eigenvalue weighted by molar-refractivity contribution is -0.139. The van der Waals surface area contributed by atoms with E-state index in [0.29, 0.717) is 24.3 Å². The van der Waals surface area contributed by atoms with E-state index in [1.165, 1.54) is 28.4 Å². The highest BCUT2D eigenvalue weighted by Gasteiger charge is 2.46. The summed E-state index contributed by atoms with van der Waals surface area (Å²) in [5, 5.41) is 13.0. The summed E-state index contributed by atoms with van der Waals surface area (Å²) in [7, 11) is 0. The molecule has 1 aromatic heterocycles. The summed E-state index contributed by atoms with van der Waals surface area (Å²) >= 11 is 1.42. The van der Waals surface area contributed by atoms with Gasteiger partial charge in [0.1, 0.15) is 17.3 Å². The third kappa shape index (κ3) is 4.83. The van der Waals surface area contributed by atoms with Crippen molar-refractivity contribution < 1.29 is 23.8 Å². The molecule has 0 radical (unpaired) electrons. The largest absolute Gasteiger partial charge is 0.507 e. The standard InChI is InChI=1S/C26H24FNO4S/c1-2-14-32-20-6-3-5-18(16-20)24(29)22-23(21-7-4-15-33-21)28(26(31)25(22)30)13-12-17-8-10-19(27)11-9-17/h3-11,15-16,23,29H,2,12-14H2,1H3/b24-22-. The highest BCUT2D eigenvalue weighted by molar-refractivity contribution is 7.10. The minimum absolute atomic E-state index is 0.0641. The number of amides is 1. The fourth-order valence-corrected chi connectivity index (χ4v) is 4.71. The fourth-order valence-electron chi connectivity index (χ4n) is 3.86. The third-order valence-corrected chi connectivity index (χ3v) is 6.41. The lowest BCUT2D eigenvalue weighted by Crippen LogP contribution is -2.31. The number of Topliss-reactive ketones (excluding diaryl/α,β-unsaturated/α-hetero) is 1. The number of carbonyl (C=O) groups excluding carboxylic acids is 2. The first-order chi connectivity index (χ1) is 16.0. The first-order valence-corrected chi connectivity index (χ1v) is 11.7. The fraction of sp³-hybridized carbons (Fsp3) is 0.231. The average Bonchev–Trinajstić information content (AvgIpc) is 3.44. The topological polar surface area (TPSA) is 66.8 Å². The van der Waals surface area contributed by atoms with Gasteiger partial charge in [-0.2, -0.15) is 0 Å². The molecule has 0 spiro atoms. The van der Waals surface area contributed by atoms with Crippen LogP contribution in [0.4, 0.5) is 4.39 Å². The monoisotopic (exact) mass is 465 g/mol. The molecule has 1 fully saturated rings. The first-order valence-electron chi connectivity index (χ1n) is 10.8. The number of ether oxygens (including phenoxy) is 1. The number of benzene rings is 2. The number of thiophene rings is 1. The molecule has 1 amide bonds. The molecule has 2 heterocycles. The Hall–Kier alpha value is -3.45. The Kier molecular flexibility index (Phi) is 6.89. The first kappa shape index (κ1) is 22.7. The van der Waals surface area contributed by atoms with E-state index < -0.39 is 17.7 Å². The summed E-state index contributed by atoms with van der Waals surface area (Å²) in [6.07, 6.45) is 1.29. The van der Waals surface area contributed by atoms with Crippen LogP contribution in [0.25, 0.3) is 5.76 Å². The molecular formula is C26H24FNO4S. The normalized spacial score (nSPS) is 17.5. The van der Waals surface area contributed by atoms with Crippen LogP contribution in [0.1, 0.15) is 35.4 Å². The maximum absolute atomic E-state index is 13.2. The van der Waals surface area contributed by atoms with E-state index in [9.17, 15) is 19.1 Å². The van der Waals surface area contributed by atoms with Gasteiger partial charge in [0, 0.05) is 17.0 Å². The molecule has 5 nitrogen and oxygen atoms in total. The Bertz CT molecular complexity index is 1170. The molecule has 0 aliphatic carbocycles. The maximum atomic E-state index is 13.2. The van der Waals surface area contributed by atoms with Crippen molar-refractivity contribution in [1.82, 2.24) is 4.90 Å². The summed E-state index contributed by atoms with van der Waals surface area (Å²) in [5.41, 5.74) is 1.33. The van der Waals surface area contributed by atoms with Crippen LogP contribution in [-0.4, -0.2) is 34.8 Å². The molecule has 2 aromatic carbocycles. The lowest BCUT2D eigenvalue weighted by atomic mass is 9.99. The Morgan fingerprint density at radius 1 is 1.12 bits per heavy atom. The maximum Gasteiger partial charge on any atom is 0.295 e. The van der Waals surface area contributed by atoms with E-state index in [-0.39, 0.29) is 23.7 Å². The highest BCUT2D eigenvalue weighted by Crippen LogP contribution is 2.41. The summed E-state index contributed by atoms with van der Waals surface area (Å²) < 4.78 is 18.9. The zero-order valence-electron chi connectivity index (χ0n) is 18.2. The molecule has 1 atom stereocenters. The second-order valence-electron chi connectivity index (χ2n) is 7.76. The predicted molar refractivity (Wildman–Crippen MR) is 126 cm³/mol. The van der Waals surface area contributed by atoms with Crippen molar-refractivity contribution in [3.8, 4) is 5.75 Å². The number of rotatable bonds is 8. The van der Waals surface area contributed by atoms with Crippen molar-refractivity contribution in [3.05, 3.63) is 93.4 Å². The highest BCUT2D eigenvalue weighted by atomic mass is 32.1. The number of nitrogens with zero attached hydrogens (tertiary/aromatic N) is 1. The number of carbonyl (C=O) groups is 2. The molecule has 0 saturated carbocycles. The van der Waals surface area contributed by atoms with Gasteiger partial charge in [0.25, 0.3) is 11.7 Å². The van der Waals surface area contributed by atoms with Gasteiger partial charge < -0.3 is 14.7 Å². The molecule has 1 saturated heterocycles. The number of likely N-dealkylation sites (tertiary alicyclic amines) is 1. The lowest BCUT2D eigenvalue weighted by Gasteiger charge is -2.24. The molecular weight excluding hydrogens is 441 g/mol. The van der Waals surface area contributed by atoms with Crippen molar-refractivity contribution in [2.75, 3.05) is 13.2 Å². The number of halogens is 1. The molecule has 33 heavy (non-hydrogen) atoms. The van der Waals surface area contributed by atoms with Gasteiger partial charge in [-0.05, 0) is 54.1 Å². The summed E-state index contributed by atoms with van der Waals surface area (Å²) in [6, 6.07) is 15.9. The number of ketones is 1. The van der Waals surface area contributed by atoms with Crippen LogP contribution in [0, 0.1) is 5.82 Å². The molecule has 3 aromatic rings. The minimum atomic E-state index is -0.718. The van der Waals surface area contributed by atoms with Gasteiger partial charge in [0.05, 0.1) is 18.2 Å². The van der Waals surface area contributed by atoms with Gasteiger partial charge in [-0.1, -0.05) is 37.3 Å². The number of hydrogen-bond acceptors (Lipinski definition) is 5. The summed E-state index contributed by atoms with van der Waals surface area (Å²) in [5.74, 6) is -1.35. The Morgan fingerprint density at radius 3 is 2.61 bits per heavy atom. The van der Waals surface area contributed by atoms with Gasteiger partial charge in [-0.3, -0.25) is 9.59 Å². The van der Waals surface area contributed by atoms with Crippen LogP contribution in [0.3, 0.4) is 0 Å². The van der Waals surface area contributed by atoms with Crippen molar-refractivity contribution in [1.29, 1.82) is 0 Å². The molecule has 1 unspecified atom stereocenters. The van der Waals surface area contributed by atoms with Gasteiger partial charge in [0.2, 0.25) is 0 Å². The van der Waals surface area contributed by atoms with Gasteiger partial charge in [-0.25, -0.2) is 4.39 Å². The van der Waals surface area contributed by atoms with Crippen molar-refractivity contribution >= 4 is 28.8 Å². The molecule has 4 rings (SSSR count). The molecule has 170 valence electrons. The minimum Gasteiger partial charge on any atom is -0.507 e. The van der Waals surface area contributed by atoms with Crippen molar-refractivity contribution in [3.63, 3.8) is 0 Å². The molecule has 7 heteroatoms. The smallest absolute Gasteiger partial charge is 0.295 e. The van der Waals surface area contributed by atoms with E-state index in [1.54, 1.807) is 36.4 Å². The van der Waals surface area contributed by atoms with Crippen molar-refractivity contribution in [2.24, 2.45) is 0 Å². The Balaban J connectivity index is 1.70. The van der Waals surface area contributed by atoms with Gasteiger partial charge >= 0.3 is 0 Å². The van der Waals surface area contributed by atoms with E-state index in [1.807, 2.05) is 24.4 Å². The van der Waals surface area contributed by atoms with E-state index in [4.69, 9.17) is 4.74 Å². The third-order valence-electron chi connectivity index (χ3n) is 5.49. The second kappa shape index (κ2) is 10.0. The molecule has 1 aliphatic rings. The van der Waals surface area contributed by atoms with Crippen LogP contribution < -0.4 is 4.74 Å². The van der Waals surface area contributed by atoms with Gasteiger partial charge in [-0.15, -0.1) is 11.3 Å². The quantitative estimate of drug-likeness (QED) is 0.277. The van der Waals surface area contributed by atoms with E-state index in [0.717, 1.165) is 16.9 Å². The Labute approximate surface area is 195 Å². The molecule has 1 N–H and O–H groups in total. The number of aliphatic hydroxyl groups excluding tert-OH is 1. The van der Waals surface area contributed by atoms with Crippen LogP contribution >= 0.6 is 11.3 Å². The summed E-state index contributed by atoms with van der Waals surface area (Å²) in [4.78, 5) is 28.3. The Morgan fingerprint density at radius 2 is 1.91 bits per heavy atom.